The van der Waals surface area contributed by atoms with Crippen molar-refractivity contribution in [1.29, 1.82) is 0 Å². The van der Waals surface area contributed by atoms with Crippen molar-refractivity contribution in [3.8, 4) is 0 Å². The van der Waals surface area contributed by atoms with Gasteiger partial charge in [-0.3, -0.25) is 9.59 Å². The van der Waals surface area contributed by atoms with Crippen molar-refractivity contribution >= 4 is 23.3 Å². The van der Waals surface area contributed by atoms with Gasteiger partial charge in [-0.25, -0.2) is 0 Å². The van der Waals surface area contributed by atoms with Crippen LogP contribution in [-0.2, 0) is 11.2 Å². The molecular weight excluding hydrogens is 344 g/mol. The van der Waals surface area contributed by atoms with Gasteiger partial charge >= 0.3 is 0 Å². The first-order valence-electron chi connectivity index (χ1n) is 8.97. The predicted molar refractivity (Wildman–Crippen MR) is 104 cm³/mol. The minimum absolute atomic E-state index is 0.160. The summed E-state index contributed by atoms with van der Waals surface area (Å²) in [6.07, 6.45) is 4.12. The zero-order valence-corrected chi connectivity index (χ0v) is 15.9. The van der Waals surface area contributed by atoms with Crippen LogP contribution in [0.2, 0.25) is 0 Å². The molecule has 0 heterocycles. The average Bonchev–Trinajstić information content (AvgIpc) is 2.66. The topological polar surface area (TPSA) is 43.4 Å². The molecule has 0 atom stereocenters. The van der Waals surface area contributed by atoms with Gasteiger partial charge in [-0.05, 0) is 42.7 Å². The number of carbonyl (C=O) groups excluding carboxylic acids is 2. The van der Waals surface area contributed by atoms with E-state index < -0.39 is 0 Å². The van der Waals surface area contributed by atoms with Crippen LogP contribution in [0, 0.1) is 0 Å². The highest BCUT2D eigenvalue weighted by atomic mass is 32.2. The van der Waals surface area contributed by atoms with Gasteiger partial charge in [-0.2, -0.15) is 0 Å². The predicted octanol–water partition coefficient (Wildman–Crippen LogP) is 5.48. The van der Waals surface area contributed by atoms with Gasteiger partial charge in [0, 0.05) is 27.0 Å². The fourth-order valence-electron chi connectivity index (χ4n) is 2.84. The number of carbonyl (C=O) groups is 2. The average molecular weight is 366 g/mol. The summed E-state index contributed by atoms with van der Waals surface area (Å²) < 4.78 is 5.50. The Kier molecular flexibility index (Phi) is 5.94. The minimum atomic E-state index is -0.207. The molecule has 0 spiro atoms. The standard InChI is InChI=1S/C22H22O3S/c1-3-5-12-25-20-14-19(23)18-13-16(10-11-17(18)22(20)24)26-21-9-7-6-8-15(21)4-2/h6-11,13-14H,3-5,12H2,1-2H3. The van der Waals surface area contributed by atoms with Gasteiger partial charge in [0.25, 0.3) is 0 Å². The number of allylic oxidation sites excluding steroid dienone is 2. The molecule has 1 aliphatic rings. The van der Waals surface area contributed by atoms with Gasteiger partial charge in [0.05, 0.1) is 6.61 Å². The fourth-order valence-corrected chi connectivity index (χ4v) is 3.90. The highest BCUT2D eigenvalue weighted by Gasteiger charge is 2.27. The van der Waals surface area contributed by atoms with E-state index in [1.807, 2.05) is 24.3 Å². The third-order valence-corrected chi connectivity index (χ3v) is 5.43. The lowest BCUT2D eigenvalue weighted by Crippen LogP contribution is -2.19. The van der Waals surface area contributed by atoms with Crippen molar-refractivity contribution in [2.75, 3.05) is 6.61 Å². The summed E-state index contributed by atoms with van der Waals surface area (Å²) in [6.45, 7) is 4.63. The Morgan fingerprint density at radius 1 is 1.00 bits per heavy atom. The first-order chi connectivity index (χ1) is 12.6. The van der Waals surface area contributed by atoms with E-state index in [9.17, 15) is 9.59 Å². The number of aryl methyl sites for hydroxylation is 1. The molecule has 0 N–H and O–H groups in total. The van der Waals surface area contributed by atoms with Crippen LogP contribution in [0.4, 0.5) is 0 Å². The maximum atomic E-state index is 12.6. The molecule has 2 aromatic carbocycles. The van der Waals surface area contributed by atoms with E-state index >= 15 is 0 Å². The summed E-state index contributed by atoms with van der Waals surface area (Å²) in [6, 6.07) is 13.7. The Hall–Kier alpha value is -2.33. The smallest absolute Gasteiger partial charge is 0.228 e. The zero-order valence-electron chi connectivity index (χ0n) is 15.1. The molecule has 0 radical (unpaired) electrons. The Bertz CT molecular complexity index is 867. The maximum Gasteiger partial charge on any atom is 0.228 e. The summed E-state index contributed by atoms with van der Waals surface area (Å²) in [5.41, 5.74) is 2.15. The quantitative estimate of drug-likeness (QED) is 0.609. The monoisotopic (exact) mass is 366 g/mol. The van der Waals surface area contributed by atoms with Crippen molar-refractivity contribution in [2.24, 2.45) is 0 Å². The molecule has 134 valence electrons. The molecule has 0 aliphatic heterocycles. The van der Waals surface area contributed by atoms with Gasteiger partial charge in [0.15, 0.2) is 11.5 Å². The second-order valence-electron chi connectivity index (χ2n) is 6.17. The third-order valence-electron chi connectivity index (χ3n) is 4.32. The number of Topliss-reactive ketones (excluding diaryl/α,β-unsaturated/α-hetero) is 1. The molecule has 4 heteroatoms. The summed E-state index contributed by atoms with van der Waals surface area (Å²) in [7, 11) is 0. The molecule has 0 aromatic heterocycles. The van der Waals surface area contributed by atoms with E-state index in [-0.39, 0.29) is 17.3 Å². The van der Waals surface area contributed by atoms with Crippen LogP contribution < -0.4 is 0 Å². The van der Waals surface area contributed by atoms with E-state index in [2.05, 4.69) is 26.0 Å². The molecule has 3 nitrogen and oxygen atoms in total. The number of fused-ring (bicyclic) bond motifs is 1. The lowest BCUT2D eigenvalue weighted by molar-refractivity contribution is 0.0880. The molecule has 0 unspecified atom stereocenters. The van der Waals surface area contributed by atoms with Gasteiger partial charge in [-0.1, -0.05) is 50.2 Å². The van der Waals surface area contributed by atoms with Crippen LogP contribution in [0.15, 0.2) is 64.1 Å². The van der Waals surface area contributed by atoms with Gasteiger partial charge < -0.3 is 4.74 Å². The Morgan fingerprint density at radius 3 is 2.58 bits per heavy atom. The van der Waals surface area contributed by atoms with E-state index in [0.717, 1.165) is 24.2 Å². The molecule has 0 saturated heterocycles. The molecular formula is C22H22O3S. The Balaban J connectivity index is 1.84. The number of benzene rings is 2. The van der Waals surface area contributed by atoms with E-state index in [1.54, 1.807) is 17.8 Å². The summed E-state index contributed by atoms with van der Waals surface area (Å²) in [4.78, 5) is 27.2. The lowest BCUT2D eigenvalue weighted by Gasteiger charge is -2.17. The van der Waals surface area contributed by atoms with Crippen LogP contribution in [0.3, 0.4) is 0 Å². The first-order valence-corrected chi connectivity index (χ1v) is 9.79. The van der Waals surface area contributed by atoms with E-state index in [0.29, 0.717) is 17.7 Å². The lowest BCUT2D eigenvalue weighted by atomic mass is 9.94. The van der Waals surface area contributed by atoms with Crippen molar-refractivity contribution < 1.29 is 14.3 Å². The number of hydrogen-bond donors (Lipinski definition) is 0. The van der Waals surface area contributed by atoms with Crippen molar-refractivity contribution in [3.05, 3.63) is 71.0 Å². The summed E-state index contributed by atoms with van der Waals surface area (Å²) in [5.74, 6) is -0.216. The SMILES string of the molecule is CCCCOC1=CC(=O)c2cc(Sc3ccccc3CC)ccc2C1=O. The summed E-state index contributed by atoms with van der Waals surface area (Å²) >= 11 is 1.62. The second-order valence-corrected chi connectivity index (χ2v) is 7.29. The highest BCUT2D eigenvalue weighted by molar-refractivity contribution is 7.99. The van der Waals surface area contributed by atoms with Crippen molar-refractivity contribution in [2.45, 2.75) is 42.9 Å². The molecule has 3 rings (SSSR count). The number of ether oxygens (including phenoxy) is 1. The second kappa shape index (κ2) is 8.37. The molecule has 0 saturated carbocycles. The molecule has 0 fully saturated rings. The van der Waals surface area contributed by atoms with Crippen LogP contribution >= 0.6 is 11.8 Å². The van der Waals surface area contributed by atoms with E-state index in [4.69, 9.17) is 4.74 Å². The Labute approximate surface area is 158 Å². The first kappa shape index (κ1) is 18.5. The number of rotatable bonds is 7. The largest absolute Gasteiger partial charge is 0.489 e. The van der Waals surface area contributed by atoms with Gasteiger partial charge in [0.2, 0.25) is 5.78 Å². The number of unbranched alkanes of at least 4 members (excludes halogenated alkanes) is 1. The van der Waals surface area contributed by atoms with E-state index in [1.165, 1.54) is 16.5 Å². The van der Waals surface area contributed by atoms with Crippen LogP contribution in [-0.4, -0.2) is 18.2 Å². The summed E-state index contributed by atoms with van der Waals surface area (Å²) in [5, 5.41) is 0. The number of hydrogen-bond acceptors (Lipinski definition) is 4. The van der Waals surface area contributed by atoms with Crippen LogP contribution in [0.5, 0.6) is 0 Å². The molecule has 26 heavy (non-hydrogen) atoms. The Morgan fingerprint density at radius 2 is 1.81 bits per heavy atom. The van der Waals surface area contributed by atoms with Crippen LogP contribution in [0.25, 0.3) is 0 Å². The van der Waals surface area contributed by atoms with Crippen molar-refractivity contribution in [3.63, 3.8) is 0 Å². The third kappa shape index (κ3) is 3.91. The highest BCUT2D eigenvalue weighted by Crippen LogP contribution is 2.33. The van der Waals surface area contributed by atoms with Gasteiger partial charge in [0.1, 0.15) is 0 Å². The molecule has 1 aliphatic carbocycles. The van der Waals surface area contributed by atoms with Crippen LogP contribution in [0.1, 0.15) is 53.0 Å². The molecule has 0 amide bonds. The maximum absolute atomic E-state index is 12.6. The number of ketones is 2. The fraction of sp³-hybridized carbons (Fsp3) is 0.273. The molecule has 2 aromatic rings. The minimum Gasteiger partial charge on any atom is -0.489 e. The van der Waals surface area contributed by atoms with Gasteiger partial charge in [-0.15, -0.1) is 0 Å². The normalized spacial score (nSPS) is 13.4. The molecule has 0 bridgehead atoms. The zero-order chi connectivity index (χ0) is 18.5. The van der Waals surface area contributed by atoms with Crippen molar-refractivity contribution in [1.82, 2.24) is 0 Å².